The highest BCUT2D eigenvalue weighted by molar-refractivity contribution is 5.96. The van der Waals surface area contributed by atoms with Crippen LogP contribution in [0.2, 0.25) is 0 Å². The predicted molar refractivity (Wildman–Crippen MR) is 87.4 cm³/mol. The van der Waals surface area contributed by atoms with Crippen molar-refractivity contribution in [2.45, 2.75) is 0 Å². The van der Waals surface area contributed by atoms with Crippen molar-refractivity contribution in [3.8, 4) is 0 Å². The Kier molecular flexibility index (Phi) is 2.64. The van der Waals surface area contributed by atoms with E-state index in [4.69, 9.17) is 0 Å². The van der Waals surface area contributed by atoms with E-state index in [0.717, 1.165) is 27.5 Å². The molecule has 2 aromatic carbocycles. The summed E-state index contributed by atoms with van der Waals surface area (Å²) in [4.78, 5) is 12.7. The van der Waals surface area contributed by atoms with Crippen LogP contribution in [0.3, 0.4) is 0 Å². The zero-order chi connectivity index (χ0) is 14.2. The minimum Gasteiger partial charge on any atom is -0.686 e. The summed E-state index contributed by atoms with van der Waals surface area (Å²) in [6, 6.07) is 15.5. The number of benzene rings is 2. The normalized spacial score (nSPS) is 14.2. The molecule has 1 aromatic heterocycles. The van der Waals surface area contributed by atoms with Crippen LogP contribution >= 0.6 is 0 Å². The zero-order valence-electron chi connectivity index (χ0n) is 11.4. The number of rotatable bonds is 1. The molecule has 4 rings (SSSR count). The van der Waals surface area contributed by atoms with Crippen molar-refractivity contribution in [2.24, 2.45) is 0 Å². The number of hydrogen-bond donors (Lipinski definition) is 0. The van der Waals surface area contributed by atoms with Crippen LogP contribution in [0.4, 0.5) is 0 Å². The van der Waals surface area contributed by atoms with Crippen molar-refractivity contribution < 1.29 is 0 Å². The van der Waals surface area contributed by atoms with Crippen molar-refractivity contribution in [3.05, 3.63) is 82.4 Å². The van der Waals surface area contributed by atoms with Gasteiger partial charge in [0.1, 0.15) is 0 Å². The second kappa shape index (κ2) is 4.63. The number of fused-ring (bicyclic) bond motifs is 2. The van der Waals surface area contributed by atoms with E-state index in [2.05, 4.69) is 16.0 Å². The molecular weight excluding hydrogens is 260 g/mol. The van der Waals surface area contributed by atoms with Gasteiger partial charge in [0.15, 0.2) is 5.43 Å². The van der Waals surface area contributed by atoms with E-state index in [9.17, 15) is 4.79 Å². The van der Waals surface area contributed by atoms with Gasteiger partial charge in [-0.25, -0.2) is 0 Å². The van der Waals surface area contributed by atoms with Crippen LogP contribution in [0.1, 0.15) is 0 Å². The number of pyridine rings is 1. The van der Waals surface area contributed by atoms with Crippen molar-refractivity contribution in [1.29, 1.82) is 0 Å². The van der Waals surface area contributed by atoms with Crippen LogP contribution in [0.15, 0.2) is 71.7 Å². The van der Waals surface area contributed by atoms with Crippen molar-refractivity contribution >= 4 is 27.5 Å². The highest BCUT2D eigenvalue weighted by atomic mass is 16.1. The summed E-state index contributed by atoms with van der Waals surface area (Å²) in [5.41, 5.74) is 3.02. The fourth-order valence-corrected chi connectivity index (χ4v) is 2.86. The van der Waals surface area contributed by atoms with Crippen LogP contribution in [-0.4, -0.2) is 11.1 Å². The first-order valence-corrected chi connectivity index (χ1v) is 6.91. The summed E-state index contributed by atoms with van der Waals surface area (Å²) >= 11 is 0. The maximum atomic E-state index is 12.7. The summed E-state index contributed by atoms with van der Waals surface area (Å²) < 4.78 is 2.14. The highest BCUT2D eigenvalue weighted by Crippen LogP contribution is 2.25. The van der Waals surface area contributed by atoms with Crippen molar-refractivity contribution in [2.75, 3.05) is 6.54 Å². The topological polar surface area (TPSA) is 36.1 Å². The second-order valence-corrected chi connectivity index (χ2v) is 5.04. The Morgan fingerprint density at radius 3 is 2.10 bits per heavy atom. The van der Waals surface area contributed by atoms with Gasteiger partial charge in [0.05, 0.1) is 11.0 Å². The molecule has 0 spiro atoms. The molecule has 3 nitrogen and oxygen atoms in total. The van der Waals surface area contributed by atoms with Gasteiger partial charge in [0, 0.05) is 16.5 Å². The molecule has 3 heteroatoms. The van der Waals surface area contributed by atoms with Crippen molar-refractivity contribution in [3.63, 3.8) is 0 Å². The molecule has 0 unspecified atom stereocenters. The molecule has 0 N–H and O–H groups in total. The summed E-state index contributed by atoms with van der Waals surface area (Å²) in [5, 5.41) is 5.81. The Morgan fingerprint density at radius 2 is 1.52 bits per heavy atom. The minimum atomic E-state index is 0.0846. The molecule has 21 heavy (non-hydrogen) atoms. The maximum Gasteiger partial charge on any atom is 0.197 e. The van der Waals surface area contributed by atoms with E-state index >= 15 is 0 Å². The smallest absolute Gasteiger partial charge is 0.197 e. The van der Waals surface area contributed by atoms with Gasteiger partial charge < -0.3 is 9.88 Å². The Hall–Kier alpha value is -2.81. The first-order chi connectivity index (χ1) is 10.4. The van der Waals surface area contributed by atoms with E-state index < -0.39 is 0 Å². The third-order valence-electron chi connectivity index (χ3n) is 3.80. The number of nitrogens with zero attached hydrogens (tertiary/aromatic N) is 2. The average molecular weight is 273 g/mol. The van der Waals surface area contributed by atoms with Crippen LogP contribution < -0.4 is 5.43 Å². The Labute approximate surface area is 121 Å². The van der Waals surface area contributed by atoms with E-state index in [0.29, 0.717) is 6.54 Å². The molecule has 0 saturated carbocycles. The lowest BCUT2D eigenvalue weighted by Crippen LogP contribution is -2.12. The molecule has 0 radical (unpaired) electrons. The van der Waals surface area contributed by atoms with Crippen LogP contribution in [-0.2, 0) is 0 Å². The molecule has 0 saturated heterocycles. The fraction of sp³-hybridized carbons (Fsp3) is 0.0556. The Balaban J connectivity index is 2.25. The fourth-order valence-electron chi connectivity index (χ4n) is 2.86. The number of allylic oxidation sites excluding steroid dienone is 2. The lowest BCUT2D eigenvalue weighted by atomic mass is 10.1. The largest absolute Gasteiger partial charge is 0.686 e. The molecule has 102 valence electrons. The third-order valence-corrected chi connectivity index (χ3v) is 3.80. The van der Waals surface area contributed by atoms with E-state index in [1.807, 2.05) is 54.6 Å². The molecule has 0 fully saturated rings. The van der Waals surface area contributed by atoms with E-state index in [1.54, 1.807) is 6.20 Å². The summed E-state index contributed by atoms with van der Waals surface area (Å²) in [6.07, 6.45) is 5.78. The monoisotopic (exact) mass is 273 g/mol. The number of hydrogen-bond acceptors (Lipinski definition) is 1. The molecule has 1 aliphatic rings. The first kappa shape index (κ1) is 12.0. The van der Waals surface area contributed by atoms with Gasteiger partial charge in [0.2, 0.25) is 0 Å². The lowest BCUT2D eigenvalue weighted by molar-refractivity contribution is 1.14. The van der Waals surface area contributed by atoms with Gasteiger partial charge in [-0.1, -0.05) is 36.9 Å². The van der Waals surface area contributed by atoms with Gasteiger partial charge in [-0.05, 0) is 30.3 Å². The van der Waals surface area contributed by atoms with E-state index in [-0.39, 0.29) is 5.43 Å². The summed E-state index contributed by atoms with van der Waals surface area (Å²) in [5.74, 6) is 0. The molecule has 0 bridgehead atoms. The molecule has 0 amide bonds. The van der Waals surface area contributed by atoms with Crippen LogP contribution in [0.5, 0.6) is 0 Å². The molecule has 0 atom stereocenters. The summed E-state index contributed by atoms with van der Waals surface area (Å²) in [7, 11) is 0. The zero-order valence-corrected chi connectivity index (χ0v) is 11.4. The number of para-hydroxylation sites is 2. The molecule has 2 heterocycles. The van der Waals surface area contributed by atoms with Gasteiger partial charge in [-0.3, -0.25) is 4.79 Å². The second-order valence-electron chi connectivity index (χ2n) is 5.04. The van der Waals surface area contributed by atoms with Crippen LogP contribution in [0.25, 0.3) is 32.8 Å². The predicted octanol–water partition coefficient (Wildman–Crippen LogP) is 3.90. The van der Waals surface area contributed by atoms with Gasteiger partial charge in [-0.15, -0.1) is 0 Å². The molecular formula is C18H13N2O-. The Morgan fingerprint density at radius 1 is 0.905 bits per heavy atom. The maximum absolute atomic E-state index is 12.7. The van der Waals surface area contributed by atoms with Crippen LogP contribution in [0, 0.1) is 0 Å². The quantitative estimate of drug-likeness (QED) is 0.619. The minimum absolute atomic E-state index is 0.0846. The Bertz CT molecular complexity index is 904. The number of aromatic nitrogens is 1. The van der Waals surface area contributed by atoms with Gasteiger partial charge >= 0.3 is 0 Å². The lowest BCUT2D eigenvalue weighted by Gasteiger charge is -2.26. The van der Waals surface area contributed by atoms with E-state index in [1.165, 1.54) is 0 Å². The van der Waals surface area contributed by atoms with Gasteiger partial charge in [-0.2, -0.15) is 6.20 Å². The third kappa shape index (κ3) is 1.78. The highest BCUT2D eigenvalue weighted by Gasteiger charge is 2.11. The van der Waals surface area contributed by atoms with Crippen molar-refractivity contribution in [1.82, 2.24) is 4.57 Å². The van der Waals surface area contributed by atoms with Gasteiger partial charge in [0.25, 0.3) is 0 Å². The first-order valence-electron chi connectivity index (χ1n) is 6.91. The average Bonchev–Trinajstić information content (AvgIpc) is 2.56. The SMILES string of the molecule is O=c1c2ccccc2n(C2=CC=C[N-]C2)c2ccccc12. The molecule has 1 aliphatic heterocycles. The molecule has 3 aromatic rings. The molecule has 0 aliphatic carbocycles. The standard InChI is InChI=1S/C18H13N2O/c21-18-14-7-1-3-9-16(14)20(13-6-5-11-19-12-13)17-10-4-2-8-15(17)18/h1-11H,12H2/q-1. The summed E-state index contributed by atoms with van der Waals surface area (Å²) in [6.45, 7) is 0.618.